The van der Waals surface area contributed by atoms with E-state index in [0.29, 0.717) is 24.5 Å². The van der Waals surface area contributed by atoms with Gasteiger partial charge in [0, 0.05) is 14.1 Å². The topological polar surface area (TPSA) is 81.9 Å². The van der Waals surface area contributed by atoms with Crippen LogP contribution in [0, 0.1) is 16.7 Å². The summed E-state index contributed by atoms with van der Waals surface area (Å²) in [5, 5.41) is 12.1. The third-order valence-electron chi connectivity index (χ3n) is 3.65. The maximum Gasteiger partial charge on any atom is 0.244 e. The van der Waals surface area contributed by atoms with Gasteiger partial charge in [0.05, 0.1) is 24.2 Å². The fourth-order valence-electron chi connectivity index (χ4n) is 2.41. The highest BCUT2D eigenvalue weighted by Gasteiger charge is 2.39. The molecule has 6 nitrogen and oxygen atoms in total. The molecule has 1 aliphatic rings. The summed E-state index contributed by atoms with van der Waals surface area (Å²) in [5.41, 5.74) is -0.362. The second-order valence-corrected chi connectivity index (χ2v) is 5.37. The molecule has 6 heteroatoms. The summed E-state index contributed by atoms with van der Waals surface area (Å²) in [5.74, 6) is 0.344. The average Bonchev–Trinajstić information content (AvgIpc) is 2.48. The number of carbonyl (C=O) groups excluding carboxylic acids is 1. The van der Waals surface area contributed by atoms with E-state index in [1.807, 2.05) is 14.1 Å². The number of nitriles is 1. The van der Waals surface area contributed by atoms with Crippen LogP contribution in [-0.4, -0.2) is 30.0 Å². The lowest BCUT2D eigenvalue weighted by Gasteiger charge is -2.29. The number of anilines is 2. The predicted molar refractivity (Wildman–Crippen MR) is 76.1 cm³/mol. The molecule has 0 spiro atoms. The summed E-state index contributed by atoms with van der Waals surface area (Å²) in [6.07, 6.45) is 7.34. The molecule has 2 rings (SSSR count). The molecule has 106 valence electrons. The van der Waals surface area contributed by atoms with E-state index in [9.17, 15) is 10.1 Å². The summed E-state index contributed by atoms with van der Waals surface area (Å²) >= 11 is 0. The Morgan fingerprint density at radius 1 is 1.30 bits per heavy atom. The summed E-state index contributed by atoms with van der Waals surface area (Å²) in [7, 11) is 3.70. The van der Waals surface area contributed by atoms with Crippen LogP contribution >= 0.6 is 0 Å². The molecule has 0 aliphatic heterocycles. The van der Waals surface area contributed by atoms with Gasteiger partial charge in [0.1, 0.15) is 5.41 Å². The zero-order chi connectivity index (χ0) is 14.6. The van der Waals surface area contributed by atoms with Crippen LogP contribution < -0.4 is 10.2 Å². The second-order valence-electron chi connectivity index (χ2n) is 5.37. The maximum absolute atomic E-state index is 12.3. The Kier molecular flexibility index (Phi) is 4.18. The number of nitrogens with one attached hydrogen (secondary N) is 1. The molecular formula is C14H19N5O. The summed E-state index contributed by atoms with van der Waals surface area (Å²) < 4.78 is 0. The largest absolute Gasteiger partial charge is 0.347 e. The van der Waals surface area contributed by atoms with Crippen LogP contribution in [0.15, 0.2) is 12.4 Å². The van der Waals surface area contributed by atoms with E-state index in [4.69, 9.17) is 0 Å². The molecule has 1 heterocycles. The van der Waals surface area contributed by atoms with Crippen LogP contribution in [0.25, 0.3) is 0 Å². The zero-order valence-electron chi connectivity index (χ0n) is 11.9. The first-order valence-corrected chi connectivity index (χ1v) is 6.79. The van der Waals surface area contributed by atoms with Gasteiger partial charge in [0.2, 0.25) is 11.9 Å². The molecule has 1 aliphatic carbocycles. The van der Waals surface area contributed by atoms with Crippen molar-refractivity contribution in [1.82, 2.24) is 9.97 Å². The van der Waals surface area contributed by atoms with Crippen molar-refractivity contribution in [2.45, 2.75) is 32.1 Å². The van der Waals surface area contributed by atoms with E-state index in [2.05, 4.69) is 21.4 Å². The molecule has 0 bridgehead atoms. The molecule has 0 aromatic carbocycles. The van der Waals surface area contributed by atoms with E-state index in [0.717, 1.165) is 19.3 Å². The van der Waals surface area contributed by atoms with Crippen molar-refractivity contribution >= 4 is 17.5 Å². The van der Waals surface area contributed by atoms with Gasteiger partial charge in [0.25, 0.3) is 0 Å². The number of carbonyl (C=O) groups is 1. The van der Waals surface area contributed by atoms with Crippen molar-refractivity contribution < 1.29 is 4.79 Å². The number of rotatable bonds is 3. The zero-order valence-corrected chi connectivity index (χ0v) is 11.9. The van der Waals surface area contributed by atoms with Crippen LogP contribution in [0.5, 0.6) is 0 Å². The van der Waals surface area contributed by atoms with Gasteiger partial charge in [-0.1, -0.05) is 19.3 Å². The minimum Gasteiger partial charge on any atom is -0.347 e. The highest BCUT2D eigenvalue weighted by molar-refractivity contribution is 5.97. The third kappa shape index (κ3) is 2.87. The molecule has 1 aromatic heterocycles. The lowest BCUT2D eigenvalue weighted by atomic mass is 9.74. The van der Waals surface area contributed by atoms with Gasteiger partial charge in [-0.25, -0.2) is 9.97 Å². The highest BCUT2D eigenvalue weighted by Crippen LogP contribution is 2.36. The lowest BCUT2D eigenvalue weighted by Crippen LogP contribution is -2.36. The standard InChI is InChI=1S/C14H19N5O/c1-19(2)13-16-8-11(9-17-13)18-12(20)14(10-15)6-4-3-5-7-14/h8-9H,3-7H2,1-2H3,(H,18,20). The van der Waals surface area contributed by atoms with Crippen molar-refractivity contribution in [2.75, 3.05) is 24.3 Å². The number of amides is 1. The Balaban J connectivity index is 2.08. The van der Waals surface area contributed by atoms with Crippen molar-refractivity contribution in [1.29, 1.82) is 5.26 Å². The van der Waals surface area contributed by atoms with Gasteiger partial charge < -0.3 is 10.2 Å². The molecule has 1 amide bonds. The predicted octanol–water partition coefficient (Wildman–Crippen LogP) is 1.96. The maximum atomic E-state index is 12.3. The summed E-state index contributed by atoms with van der Waals surface area (Å²) in [6.45, 7) is 0. The van der Waals surface area contributed by atoms with Gasteiger partial charge in [-0.2, -0.15) is 5.26 Å². The molecule has 1 N–H and O–H groups in total. The van der Waals surface area contributed by atoms with Crippen LogP contribution in [0.4, 0.5) is 11.6 Å². The Labute approximate surface area is 118 Å². The SMILES string of the molecule is CN(C)c1ncc(NC(=O)C2(C#N)CCCCC2)cn1. The minimum atomic E-state index is -0.890. The van der Waals surface area contributed by atoms with Gasteiger partial charge in [-0.15, -0.1) is 0 Å². The first-order valence-electron chi connectivity index (χ1n) is 6.79. The molecule has 1 fully saturated rings. The fraction of sp³-hybridized carbons (Fsp3) is 0.571. The van der Waals surface area contributed by atoms with Crippen molar-refractivity contribution in [3.05, 3.63) is 12.4 Å². The van der Waals surface area contributed by atoms with Crippen LogP contribution in [0.3, 0.4) is 0 Å². The van der Waals surface area contributed by atoms with Crippen molar-refractivity contribution in [3.63, 3.8) is 0 Å². The molecular weight excluding hydrogens is 254 g/mol. The number of aromatic nitrogens is 2. The first-order chi connectivity index (χ1) is 9.57. The fourth-order valence-corrected chi connectivity index (χ4v) is 2.41. The number of nitrogens with zero attached hydrogens (tertiary/aromatic N) is 4. The molecule has 20 heavy (non-hydrogen) atoms. The second kappa shape index (κ2) is 5.87. The smallest absolute Gasteiger partial charge is 0.244 e. The Morgan fingerprint density at radius 3 is 2.40 bits per heavy atom. The van der Waals surface area contributed by atoms with Gasteiger partial charge in [-0.3, -0.25) is 4.79 Å². The third-order valence-corrected chi connectivity index (χ3v) is 3.65. The van der Waals surface area contributed by atoms with E-state index >= 15 is 0 Å². The first kappa shape index (κ1) is 14.3. The van der Waals surface area contributed by atoms with Gasteiger partial charge in [-0.05, 0) is 12.8 Å². The van der Waals surface area contributed by atoms with Crippen molar-refractivity contribution in [2.24, 2.45) is 5.41 Å². The van der Waals surface area contributed by atoms with E-state index in [1.165, 1.54) is 0 Å². The van der Waals surface area contributed by atoms with E-state index in [1.54, 1.807) is 17.3 Å². The lowest BCUT2D eigenvalue weighted by molar-refractivity contribution is -0.124. The number of hydrogen-bond acceptors (Lipinski definition) is 5. The molecule has 0 atom stereocenters. The van der Waals surface area contributed by atoms with Crippen LogP contribution in [-0.2, 0) is 4.79 Å². The summed E-state index contributed by atoms with van der Waals surface area (Å²) in [6, 6.07) is 2.21. The number of hydrogen-bond donors (Lipinski definition) is 1. The molecule has 1 saturated carbocycles. The molecule has 0 unspecified atom stereocenters. The normalized spacial score (nSPS) is 17.1. The van der Waals surface area contributed by atoms with E-state index in [-0.39, 0.29) is 5.91 Å². The van der Waals surface area contributed by atoms with Gasteiger partial charge in [0.15, 0.2) is 0 Å². The minimum absolute atomic E-state index is 0.235. The Bertz CT molecular complexity index is 511. The highest BCUT2D eigenvalue weighted by atomic mass is 16.2. The van der Waals surface area contributed by atoms with Gasteiger partial charge >= 0.3 is 0 Å². The Hall–Kier alpha value is -2.16. The molecule has 0 radical (unpaired) electrons. The van der Waals surface area contributed by atoms with Crippen LogP contribution in [0.2, 0.25) is 0 Å². The molecule has 0 saturated heterocycles. The monoisotopic (exact) mass is 273 g/mol. The van der Waals surface area contributed by atoms with E-state index < -0.39 is 5.41 Å². The Morgan fingerprint density at radius 2 is 1.90 bits per heavy atom. The average molecular weight is 273 g/mol. The molecule has 1 aromatic rings. The van der Waals surface area contributed by atoms with Crippen LogP contribution in [0.1, 0.15) is 32.1 Å². The summed E-state index contributed by atoms with van der Waals surface area (Å²) in [4.78, 5) is 22.4. The quantitative estimate of drug-likeness (QED) is 0.910. The van der Waals surface area contributed by atoms with Crippen molar-refractivity contribution in [3.8, 4) is 6.07 Å².